The van der Waals surface area contributed by atoms with Gasteiger partial charge in [0.15, 0.2) is 0 Å². The molecule has 3 rings (SSSR count). The van der Waals surface area contributed by atoms with Gasteiger partial charge in [-0.15, -0.1) is 0 Å². The van der Waals surface area contributed by atoms with Crippen LogP contribution in [0.1, 0.15) is 46.8 Å². The summed E-state index contributed by atoms with van der Waals surface area (Å²) in [5.41, 5.74) is 9.66. The number of hydrogen-bond acceptors (Lipinski definition) is 5. The van der Waals surface area contributed by atoms with Crippen LogP contribution in [0.2, 0.25) is 0 Å². The number of rotatable bonds is 9. The van der Waals surface area contributed by atoms with E-state index in [0.717, 1.165) is 12.0 Å². The van der Waals surface area contributed by atoms with Crippen molar-refractivity contribution >= 4 is 17.7 Å². The van der Waals surface area contributed by atoms with Gasteiger partial charge in [0.2, 0.25) is 11.8 Å². The van der Waals surface area contributed by atoms with E-state index >= 15 is 0 Å². The summed E-state index contributed by atoms with van der Waals surface area (Å²) in [7, 11) is 0. The number of nitrogens with two attached hydrogens (primary N) is 1. The zero-order valence-corrected chi connectivity index (χ0v) is 20.2. The molecule has 9 heteroatoms. The van der Waals surface area contributed by atoms with E-state index in [4.69, 9.17) is 10.6 Å². The molecule has 3 amide bonds. The van der Waals surface area contributed by atoms with E-state index in [-0.39, 0.29) is 37.3 Å². The SMILES string of the molecule is CCc1ccc(C(=O)NOCC2(C(=O)NCc3cccc(F)c3C)CCN(C(=O)CN)CC2)cc1. The third kappa shape index (κ3) is 6.43. The molecule has 0 saturated carbocycles. The molecule has 0 bridgehead atoms. The molecule has 0 aliphatic carbocycles. The number of aryl methyl sites for hydroxylation is 1. The molecular formula is C26H33FN4O4. The molecule has 1 saturated heterocycles. The highest BCUT2D eigenvalue weighted by atomic mass is 19.1. The number of likely N-dealkylation sites (tertiary alicyclic amines) is 1. The lowest BCUT2D eigenvalue weighted by atomic mass is 9.78. The second-order valence-corrected chi connectivity index (χ2v) is 8.84. The van der Waals surface area contributed by atoms with E-state index in [1.165, 1.54) is 6.07 Å². The first kappa shape index (κ1) is 26.3. The van der Waals surface area contributed by atoms with Crippen LogP contribution >= 0.6 is 0 Å². The number of carbonyl (C=O) groups excluding carboxylic acids is 3. The van der Waals surface area contributed by atoms with Crippen LogP contribution in [0.25, 0.3) is 0 Å². The van der Waals surface area contributed by atoms with Gasteiger partial charge < -0.3 is 16.0 Å². The molecule has 4 N–H and O–H groups in total. The van der Waals surface area contributed by atoms with Gasteiger partial charge in [0, 0.05) is 25.2 Å². The van der Waals surface area contributed by atoms with Gasteiger partial charge >= 0.3 is 0 Å². The molecule has 2 aromatic carbocycles. The highest BCUT2D eigenvalue weighted by Crippen LogP contribution is 2.32. The molecule has 0 atom stereocenters. The number of piperidine rings is 1. The van der Waals surface area contributed by atoms with Crippen LogP contribution in [0.4, 0.5) is 4.39 Å². The van der Waals surface area contributed by atoms with Gasteiger partial charge in [0.25, 0.3) is 5.91 Å². The van der Waals surface area contributed by atoms with Crippen LogP contribution < -0.4 is 16.5 Å². The summed E-state index contributed by atoms with van der Waals surface area (Å²) in [6.45, 7) is 4.38. The maximum Gasteiger partial charge on any atom is 0.274 e. The molecule has 1 aliphatic rings. The Balaban J connectivity index is 1.66. The van der Waals surface area contributed by atoms with E-state index < -0.39 is 11.3 Å². The number of halogens is 1. The van der Waals surface area contributed by atoms with Crippen LogP contribution in [0.5, 0.6) is 0 Å². The molecule has 1 fully saturated rings. The smallest absolute Gasteiger partial charge is 0.274 e. The average molecular weight is 485 g/mol. The molecule has 1 aliphatic heterocycles. The van der Waals surface area contributed by atoms with Crippen molar-refractivity contribution in [3.63, 3.8) is 0 Å². The number of benzene rings is 2. The van der Waals surface area contributed by atoms with E-state index in [2.05, 4.69) is 10.8 Å². The maximum absolute atomic E-state index is 13.9. The Morgan fingerprint density at radius 1 is 1.11 bits per heavy atom. The molecule has 35 heavy (non-hydrogen) atoms. The zero-order chi connectivity index (χ0) is 25.4. The first-order chi connectivity index (χ1) is 16.8. The van der Waals surface area contributed by atoms with Crippen LogP contribution in [0, 0.1) is 18.2 Å². The van der Waals surface area contributed by atoms with Gasteiger partial charge in [0.05, 0.1) is 18.6 Å². The van der Waals surface area contributed by atoms with Gasteiger partial charge in [-0.3, -0.25) is 19.2 Å². The third-order valence-electron chi connectivity index (χ3n) is 6.69. The molecule has 8 nitrogen and oxygen atoms in total. The molecule has 0 unspecified atom stereocenters. The van der Waals surface area contributed by atoms with Crippen molar-refractivity contribution in [2.24, 2.45) is 11.1 Å². The van der Waals surface area contributed by atoms with E-state index in [0.29, 0.717) is 42.6 Å². The number of carbonyl (C=O) groups is 3. The van der Waals surface area contributed by atoms with E-state index in [1.54, 1.807) is 36.1 Å². The standard InChI is InChI=1S/C26H33FN4O4/c1-3-19-7-9-20(10-8-19)24(33)30-35-17-26(11-13-31(14-12-26)23(32)15-28)25(34)29-16-21-5-4-6-22(27)18(21)2/h4-10H,3,11-17,28H2,1-2H3,(H,29,34)(H,30,33). The van der Waals surface area contributed by atoms with Gasteiger partial charge in [-0.25, -0.2) is 9.87 Å². The van der Waals surface area contributed by atoms with Crippen LogP contribution in [0.15, 0.2) is 42.5 Å². The summed E-state index contributed by atoms with van der Waals surface area (Å²) in [6.07, 6.45) is 1.55. The van der Waals surface area contributed by atoms with Gasteiger partial charge in [-0.1, -0.05) is 31.2 Å². The van der Waals surface area contributed by atoms with Crippen molar-refractivity contribution in [2.75, 3.05) is 26.2 Å². The Hall–Kier alpha value is -3.30. The number of hydroxylamine groups is 1. The summed E-state index contributed by atoms with van der Waals surface area (Å²) < 4.78 is 13.9. The normalized spacial score (nSPS) is 14.9. The first-order valence-electron chi connectivity index (χ1n) is 11.8. The van der Waals surface area contributed by atoms with Crippen molar-refractivity contribution < 1.29 is 23.6 Å². The van der Waals surface area contributed by atoms with Crippen molar-refractivity contribution in [1.29, 1.82) is 0 Å². The number of amides is 3. The molecule has 188 valence electrons. The van der Waals surface area contributed by atoms with Gasteiger partial charge in [0.1, 0.15) is 5.82 Å². The van der Waals surface area contributed by atoms with Crippen LogP contribution in [-0.4, -0.2) is 48.9 Å². The Morgan fingerprint density at radius 2 is 1.80 bits per heavy atom. The lowest BCUT2D eigenvalue weighted by Gasteiger charge is -2.40. The summed E-state index contributed by atoms with van der Waals surface area (Å²) in [5, 5.41) is 2.89. The Labute approximate surface area is 205 Å². The molecule has 0 radical (unpaired) electrons. The minimum atomic E-state index is -0.966. The van der Waals surface area contributed by atoms with Crippen molar-refractivity contribution in [1.82, 2.24) is 15.7 Å². The summed E-state index contributed by atoms with van der Waals surface area (Å²) in [5.74, 6) is -1.20. The predicted molar refractivity (Wildman–Crippen MR) is 130 cm³/mol. The zero-order valence-electron chi connectivity index (χ0n) is 20.2. The lowest BCUT2D eigenvalue weighted by Crippen LogP contribution is -2.53. The lowest BCUT2D eigenvalue weighted by molar-refractivity contribution is -0.145. The Kier molecular flexibility index (Phi) is 8.95. The first-order valence-corrected chi connectivity index (χ1v) is 11.8. The predicted octanol–water partition coefficient (Wildman–Crippen LogP) is 2.24. The van der Waals surface area contributed by atoms with Crippen molar-refractivity contribution in [3.8, 4) is 0 Å². The fourth-order valence-corrected chi connectivity index (χ4v) is 4.15. The highest BCUT2D eigenvalue weighted by molar-refractivity contribution is 5.93. The fourth-order valence-electron chi connectivity index (χ4n) is 4.15. The fraction of sp³-hybridized carbons (Fsp3) is 0.423. The monoisotopic (exact) mass is 484 g/mol. The number of hydrogen-bond donors (Lipinski definition) is 3. The van der Waals surface area contributed by atoms with Crippen LogP contribution in [-0.2, 0) is 27.4 Å². The summed E-state index contributed by atoms with van der Waals surface area (Å²) >= 11 is 0. The minimum absolute atomic E-state index is 0.0651. The minimum Gasteiger partial charge on any atom is -0.351 e. The molecular weight excluding hydrogens is 451 g/mol. The Bertz CT molecular complexity index is 1050. The average Bonchev–Trinajstić information content (AvgIpc) is 2.89. The highest BCUT2D eigenvalue weighted by Gasteiger charge is 2.43. The topological polar surface area (TPSA) is 114 Å². The summed E-state index contributed by atoms with van der Waals surface area (Å²) in [6, 6.07) is 11.9. The molecule has 2 aromatic rings. The largest absolute Gasteiger partial charge is 0.351 e. The maximum atomic E-state index is 13.9. The number of nitrogens with zero attached hydrogens (tertiary/aromatic N) is 1. The second-order valence-electron chi connectivity index (χ2n) is 8.84. The molecule has 0 aromatic heterocycles. The van der Waals surface area contributed by atoms with E-state index in [1.807, 2.05) is 19.1 Å². The summed E-state index contributed by atoms with van der Waals surface area (Å²) in [4.78, 5) is 45.0. The van der Waals surface area contributed by atoms with Crippen molar-refractivity contribution in [3.05, 3.63) is 70.5 Å². The van der Waals surface area contributed by atoms with E-state index in [9.17, 15) is 18.8 Å². The Morgan fingerprint density at radius 3 is 2.43 bits per heavy atom. The van der Waals surface area contributed by atoms with Gasteiger partial charge in [-0.2, -0.15) is 0 Å². The van der Waals surface area contributed by atoms with Gasteiger partial charge in [-0.05, 0) is 61.1 Å². The second kappa shape index (κ2) is 11.9. The number of nitrogens with one attached hydrogen (secondary N) is 2. The molecule has 0 spiro atoms. The quantitative estimate of drug-likeness (QED) is 0.473. The van der Waals surface area contributed by atoms with Crippen molar-refractivity contribution in [2.45, 2.75) is 39.7 Å². The molecule has 1 heterocycles. The third-order valence-corrected chi connectivity index (χ3v) is 6.69. The van der Waals surface area contributed by atoms with Crippen LogP contribution in [0.3, 0.4) is 0 Å².